The molecule has 0 fully saturated rings. The molecule has 0 atom stereocenters. The number of rotatable bonds is 6. The molecule has 0 aromatic carbocycles. The molecule has 68 valence electrons. The van der Waals surface area contributed by atoms with Crippen LogP contribution in [0.2, 0.25) is 0 Å². The van der Waals surface area contributed by atoms with Gasteiger partial charge in [0.25, 0.3) is 0 Å². The molecule has 0 aliphatic rings. The van der Waals surface area contributed by atoms with Gasteiger partial charge in [-0.25, -0.2) is 4.94 Å². The van der Waals surface area contributed by atoms with Crippen molar-refractivity contribution in [1.82, 2.24) is 11.0 Å². The number of hydrogen-bond donors (Lipinski definition) is 6. The van der Waals surface area contributed by atoms with Crippen molar-refractivity contribution in [2.75, 3.05) is 13.1 Å². The van der Waals surface area contributed by atoms with Gasteiger partial charge in [0.1, 0.15) is 0 Å². The Hall–Kier alpha value is -0.280. The molecule has 0 spiro atoms. The van der Waals surface area contributed by atoms with Gasteiger partial charge >= 0.3 is 0 Å². The lowest BCUT2D eigenvalue weighted by molar-refractivity contribution is -0.124. The van der Waals surface area contributed by atoms with Crippen molar-refractivity contribution in [3.05, 3.63) is 0 Å². The Morgan fingerprint density at radius 2 is 1.27 bits per heavy atom. The van der Waals surface area contributed by atoms with E-state index in [9.17, 15) is 0 Å². The predicted molar refractivity (Wildman–Crippen MR) is 33.5 cm³/mol. The highest BCUT2D eigenvalue weighted by Crippen LogP contribution is 1.70. The molecule has 0 aliphatic carbocycles. The van der Waals surface area contributed by atoms with E-state index in [-0.39, 0.29) is 13.1 Å². The quantitative estimate of drug-likeness (QED) is 0.139. The Labute approximate surface area is 63.1 Å². The first-order valence-corrected chi connectivity index (χ1v) is 2.96. The minimum Gasteiger partial charge on any atom is -0.367 e. The first kappa shape index (κ1) is 10.7. The minimum atomic E-state index is -1.50. The van der Waals surface area contributed by atoms with Crippen LogP contribution in [0.3, 0.4) is 0 Å². The molecule has 0 saturated carbocycles. The van der Waals surface area contributed by atoms with Crippen molar-refractivity contribution in [3.63, 3.8) is 0 Å². The average molecular weight is 168 g/mol. The zero-order valence-corrected chi connectivity index (χ0v) is 5.77. The van der Waals surface area contributed by atoms with Gasteiger partial charge in [0, 0.05) is 0 Å². The molecule has 0 saturated heterocycles. The molecular formula is C4H12N2O5. The number of aliphatic hydroxyl groups is 4. The van der Waals surface area contributed by atoms with Crippen molar-refractivity contribution in [3.8, 4) is 0 Å². The van der Waals surface area contributed by atoms with Gasteiger partial charge in [-0.05, 0) is 0 Å². The largest absolute Gasteiger partial charge is 0.367 e. The molecule has 0 aliphatic heterocycles. The zero-order chi connectivity index (χ0) is 8.69. The van der Waals surface area contributed by atoms with Crippen LogP contribution < -0.4 is 11.0 Å². The van der Waals surface area contributed by atoms with E-state index in [4.69, 9.17) is 20.4 Å². The van der Waals surface area contributed by atoms with Crippen molar-refractivity contribution in [2.24, 2.45) is 0 Å². The van der Waals surface area contributed by atoms with E-state index in [2.05, 4.69) is 15.9 Å². The SMILES string of the molecule is OC(O)CNONCC(O)O. The lowest BCUT2D eigenvalue weighted by Crippen LogP contribution is -2.35. The average Bonchev–Trinajstić information content (AvgIpc) is 1.85. The fourth-order valence-electron chi connectivity index (χ4n) is 0.283. The summed E-state index contributed by atoms with van der Waals surface area (Å²) in [5.74, 6) is 0. The molecule has 0 unspecified atom stereocenters. The minimum absolute atomic E-state index is 0.172. The molecule has 0 aromatic heterocycles. The fraction of sp³-hybridized carbons (Fsp3) is 1.00. The Bertz CT molecular complexity index is 78.6. The number of hydroxylamine groups is 2. The second kappa shape index (κ2) is 6.43. The van der Waals surface area contributed by atoms with E-state index in [1.807, 2.05) is 0 Å². The third-order valence-corrected chi connectivity index (χ3v) is 0.676. The molecular weight excluding hydrogens is 156 g/mol. The molecule has 0 heterocycles. The highest BCUT2D eigenvalue weighted by molar-refractivity contribution is 4.35. The summed E-state index contributed by atoms with van der Waals surface area (Å²) in [4.78, 5) is 4.32. The van der Waals surface area contributed by atoms with E-state index in [0.717, 1.165) is 0 Å². The molecule has 11 heavy (non-hydrogen) atoms. The summed E-state index contributed by atoms with van der Waals surface area (Å²) in [5, 5.41) is 33.0. The van der Waals surface area contributed by atoms with Crippen LogP contribution in [0.4, 0.5) is 0 Å². The molecule has 0 amide bonds. The van der Waals surface area contributed by atoms with Gasteiger partial charge < -0.3 is 20.4 Å². The second-order valence-electron chi connectivity index (χ2n) is 1.76. The van der Waals surface area contributed by atoms with Crippen LogP contribution in [-0.4, -0.2) is 46.1 Å². The number of aliphatic hydroxyl groups excluding tert-OH is 2. The van der Waals surface area contributed by atoms with E-state index < -0.39 is 12.6 Å². The Kier molecular flexibility index (Phi) is 6.27. The van der Waals surface area contributed by atoms with Crippen LogP contribution in [0.25, 0.3) is 0 Å². The summed E-state index contributed by atoms with van der Waals surface area (Å²) in [7, 11) is 0. The summed E-state index contributed by atoms with van der Waals surface area (Å²) < 4.78 is 0. The maximum Gasteiger partial charge on any atom is 0.166 e. The summed E-state index contributed by atoms with van der Waals surface area (Å²) in [6.07, 6.45) is -3.01. The molecule has 0 radical (unpaired) electrons. The second-order valence-corrected chi connectivity index (χ2v) is 1.76. The Balaban J connectivity index is 2.91. The highest BCUT2D eigenvalue weighted by atomic mass is 16.8. The Morgan fingerprint density at radius 1 is 0.909 bits per heavy atom. The Morgan fingerprint density at radius 3 is 1.55 bits per heavy atom. The first-order valence-electron chi connectivity index (χ1n) is 2.96. The lowest BCUT2D eigenvalue weighted by Gasteiger charge is -2.07. The van der Waals surface area contributed by atoms with Crippen molar-refractivity contribution in [1.29, 1.82) is 0 Å². The standard InChI is InChI=1S/C4H12N2O5/c7-3(8)1-5-11-6-2-4(9)10/h3-10H,1-2H2. The normalized spacial score (nSPS) is 11.5. The highest BCUT2D eigenvalue weighted by Gasteiger charge is 1.97. The van der Waals surface area contributed by atoms with Gasteiger partial charge in [0.15, 0.2) is 12.6 Å². The third kappa shape index (κ3) is 9.72. The predicted octanol–water partition coefficient (Wildman–Crippen LogP) is -3.37. The monoisotopic (exact) mass is 168 g/mol. The van der Waals surface area contributed by atoms with Crippen molar-refractivity contribution < 1.29 is 25.4 Å². The topological polar surface area (TPSA) is 114 Å². The zero-order valence-electron chi connectivity index (χ0n) is 5.77. The van der Waals surface area contributed by atoms with Crippen molar-refractivity contribution >= 4 is 0 Å². The fourth-order valence-corrected chi connectivity index (χ4v) is 0.283. The van der Waals surface area contributed by atoms with Crippen LogP contribution in [0.5, 0.6) is 0 Å². The summed E-state index contributed by atoms with van der Waals surface area (Å²) >= 11 is 0. The van der Waals surface area contributed by atoms with Gasteiger partial charge in [-0.3, -0.25) is 0 Å². The molecule has 0 bridgehead atoms. The van der Waals surface area contributed by atoms with E-state index in [1.54, 1.807) is 0 Å². The van der Waals surface area contributed by atoms with Crippen LogP contribution in [-0.2, 0) is 4.94 Å². The first-order chi connectivity index (χ1) is 5.13. The number of hydrogen-bond acceptors (Lipinski definition) is 7. The lowest BCUT2D eigenvalue weighted by atomic mass is 10.7. The van der Waals surface area contributed by atoms with Gasteiger partial charge in [0.2, 0.25) is 0 Å². The van der Waals surface area contributed by atoms with Crippen molar-refractivity contribution in [2.45, 2.75) is 12.6 Å². The van der Waals surface area contributed by atoms with Gasteiger partial charge in [-0.15, -0.1) is 0 Å². The third-order valence-electron chi connectivity index (χ3n) is 0.676. The van der Waals surface area contributed by atoms with E-state index in [1.165, 1.54) is 0 Å². The molecule has 7 heteroatoms. The summed E-state index contributed by atoms with van der Waals surface area (Å²) in [5.41, 5.74) is 4.21. The summed E-state index contributed by atoms with van der Waals surface area (Å²) in [6.45, 7) is -0.344. The van der Waals surface area contributed by atoms with Crippen LogP contribution in [0.15, 0.2) is 0 Å². The maximum atomic E-state index is 8.25. The number of nitrogens with one attached hydrogen (secondary N) is 2. The molecule has 0 aromatic rings. The van der Waals surface area contributed by atoms with Gasteiger partial charge in [0.05, 0.1) is 13.1 Å². The van der Waals surface area contributed by atoms with E-state index >= 15 is 0 Å². The maximum absolute atomic E-state index is 8.25. The molecule has 7 nitrogen and oxygen atoms in total. The van der Waals surface area contributed by atoms with Crippen LogP contribution in [0.1, 0.15) is 0 Å². The van der Waals surface area contributed by atoms with Gasteiger partial charge in [-0.1, -0.05) is 0 Å². The van der Waals surface area contributed by atoms with Gasteiger partial charge in [-0.2, -0.15) is 11.0 Å². The smallest absolute Gasteiger partial charge is 0.166 e. The van der Waals surface area contributed by atoms with Crippen LogP contribution >= 0.6 is 0 Å². The molecule has 0 rings (SSSR count). The van der Waals surface area contributed by atoms with E-state index in [0.29, 0.717) is 0 Å². The summed E-state index contributed by atoms with van der Waals surface area (Å²) in [6, 6.07) is 0. The molecule has 6 N–H and O–H groups in total. The van der Waals surface area contributed by atoms with Crippen LogP contribution in [0, 0.1) is 0 Å².